The average molecular weight is 444 g/mol. The minimum absolute atomic E-state index is 0.0921. The van der Waals surface area contributed by atoms with Crippen LogP contribution in [0.2, 0.25) is 0 Å². The zero-order valence-electron chi connectivity index (χ0n) is 18.6. The Hall–Kier alpha value is -2.22. The number of carbonyl (C=O) groups excluding carboxylic acids is 1. The first kappa shape index (κ1) is 23.4. The molecule has 0 radical (unpaired) electrons. The summed E-state index contributed by atoms with van der Waals surface area (Å²) in [6.07, 6.45) is 3.64. The summed E-state index contributed by atoms with van der Waals surface area (Å²) in [4.78, 5) is 15.4. The first-order valence-electron chi connectivity index (χ1n) is 10.9. The summed E-state index contributed by atoms with van der Waals surface area (Å²) in [6.45, 7) is 8.89. The van der Waals surface area contributed by atoms with Crippen LogP contribution in [0, 0.1) is 6.92 Å². The van der Waals surface area contributed by atoms with Crippen molar-refractivity contribution in [3.8, 4) is 0 Å². The molecule has 0 atom stereocenters. The van der Waals surface area contributed by atoms with Crippen molar-refractivity contribution in [1.82, 2.24) is 14.9 Å². The van der Waals surface area contributed by atoms with Crippen LogP contribution in [0.15, 0.2) is 53.4 Å². The Labute approximate surface area is 186 Å². The van der Waals surface area contributed by atoms with Gasteiger partial charge in [-0.25, -0.2) is 13.1 Å². The fourth-order valence-corrected chi connectivity index (χ4v) is 4.92. The minimum atomic E-state index is -3.73. The molecule has 1 fully saturated rings. The summed E-state index contributed by atoms with van der Waals surface area (Å²) in [5.74, 6) is -0.248. The van der Waals surface area contributed by atoms with Crippen molar-refractivity contribution in [3.05, 3.63) is 65.2 Å². The van der Waals surface area contributed by atoms with Gasteiger partial charge in [0.05, 0.1) is 4.90 Å². The first-order chi connectivity index (χ1) is 14.7. The number of carbonyl (C=O) groups is 1. The zero-order chi connectivity index (χ0) is 22.5. The maximum Gasteiger partial charge on any atom is 0.251 e. The predicted molar refractivity (Wildman–Crippen MR) is 123 cm³/mol. The lowest BCUT2D eigenvalue weighted by molar-refractivity contribution is 0.0797. The molecule has 1 saturated heterocycles. The van der Waals surface area contributed by atoms with Crippen molar-refractivity contribution in [2.45, 2.75) is 57.0 Å². The number of benzene rings is 2. The smallest absolute Gasteiger partial charge is 0.251 e. The SMILES string of the molecule is Cc1ccc(S(=O)(=O)NCc2ccccc2)cc1C(=O)NCC(C)(C)N1CCCCC1. The first-order valence-corrected chi connectivity index (χ1v) is 12.3. The lowest BCUT2D eigenvalue weighted by atomic mass is 9.98. The molecule has 3 rings (SSSR count). The Kier molecular flexibility index (Phi) is 7.51. The van der Waals surface area contributed by atoms with Crippen LogP contribution in [-0.2, 0) is 16.6 Å². The van der Waals surface area contributed by atoms with Crippen molar-refractivity contribution in [2.24, 2.45) is 0 Å². The van der Waals surface area contributed by atoms with Crippen LogP contribution in [0.5, 0.6) is 0 Å². The number of hydrogen-bond donors (Lipinski definition) is 2. The Balaban J connectivity index is 1.68. The molecule has 1 aliphatic rings. The van der Waals surface area contributed by atoms with Gasteiger partial charge in [-0.1, -0.05) is 42.8 Å². The molecule has 168 valence electrons. The van der Waals surface area contributed by atoms with Gasteiger partial charge in [-0.15, -0.1) is 0 Å². The Bertz CT molecular complexity index is 998. The van der Waals surface area contributed by atoms with E-state index >= 15 is 0 Å². The van der Waals surface area contributed by atoms with E-state index in [1.54, 1.807) is 6.07 Å². The molecular weight excluding hydrogens is 410 g/mol. The summed E-state index contributed by atoms with van der Waals surface area (Å²) in [5, 5.41) is 3.02. The second-order valence-electron chi connectivity index (χ2n) is 8.83. The Morgan fingerprint density at radius 1 is 1.03 bits per heavy atom. The van der Waals surface area contributed by atoms with Crippen molar-refractivity contribution in [1.29, 1.82) is 0 Å². The number of hydrogen-bond acceptors (Lipinski definition) is 4. The average Bonchev–Trinajstić information content (AvgIpc) is 2.78. The molecule has 0 spiro atoms. The van der Waals surface area contributed by atoms with Crippen molar-refractivity contribution >= 4 is 15.9 Å². The summed E-state index contributed by atoms with van der Waals surface area (Å²) >= 11 is 0. The standard InChI is InChI=1S/C24H33N3O3S/c1-19-12-13-21(31(29,30)26-17-20-10-6-4-7-11-20)16-22(19)23(28)25-18-24(2,3)27-14-8-5-9-15-27/h4,6-7,10-13,16,26H,5,8-9,14-15,17-18H2,1-3H3,(H,25,28). The van der Waals surface area contributed by atoms with Gasteiger partial charge in [0.15, 0.2) is 0 Å². The molecular formula is C24H33N3O3S. The molecule has 6 nitrogen and oxygen atoms in total. The van der Waals surface area contributed by atoms with E-state index in [2.05, 4.69) is 28.8 Å². The second kappa shape index (κ2) is 9.94. The van der Waals surface area contributed by atoms with Crippen molar-refractivity contribution < 1.29 is 13.2 Å². The molecule has 0 unspecified atom stereocenters. The normalized spacial score (nSPS) is 15.6. The van der Waals surface area contributed by atoms with E-state index in [-0.39, 0.29) is 22.9 Å². The zero-order valence-corrected chi connectivity index (χ0v) is 19.5. The van der Waals surface area contributed by atoms with Crippen LogP contribution in [0.3, 0.4) is 0 Å². The summed E-state index contributed by atoms with van der Waals surface area (Å²) in [7, 11) is -3.73. The molecule has 2 aromatic carbocycles. The second-order valence-corrected chi connectivity index (χ2v) is 10.6. The van der Waals surface area contributed by atoms with Crippen LogP contribution in [0.4, 0.5) is 0 Å². The largest absolute Gasteiger partial charge is 0.350 e. The highest BCUT2D eigenvalue weighted by molar-refractivity contribution is 7.89. The van der Waals surface area contributed by atoms with Gasteiger partial charge < -0.3 is 5.32 Å². The predicted octanol–water partition coefficient (Wildman–Crippen LogP) is 3.47. The molecule has 0 aliphatic carbocycles. The summed E-state index contributed by atoms with van der Waals surface area (Å²) in [6, 6.07) is 14.0. The maximum absolute atomic E-state index is 12.9. The van der Waals surface area contributed by atoms with Crippen molar-refractivity contribution in [2.75, 3.05) is 19.6 Å². The van der Waals surface area contributed by atoms with Gasteiger partial charge in [-0.3, -0.25) is 9.69 Å². The Morgan fingerprint density at radius 2 is 1.71 bits per heavy atom. The quantitative estimate of drug-likeness (QED) is 0.655. The molecule has 2 aromatic rings. The third-order valence-corrected chi connectivity index (χ3v) is 7.37. The highest BCUT2D eigenvalue weighted by Gasteiger charge is 2.28. The topological polar surface area (TPSA) is 78.5 Å². The lowest BCUT2D eigenvalue weighted by Gasteiger charge is -2.41. The van der Waals surface area contributed by atoms with Gasteiger partial charge in [-0.05, 0) is 70.0 Å². The third-order valence-electron chi connectivity index (χ3n) is 5.97. The Morgan fingerprint density at radius 3 is 2.39 bits per heavy atom. The van der Waals surface area contributed by atoms with Gasteiger partial charge >= 0.3 is 0 Å². The highest BCUT2D eigenvalue weighted by Crippen LogP contribution is 2.21. The maximum atomic E-state index is 12.9. The number of piperidine rings is 1. The van der Waals surface area contributed by atoms with Crippen LogP contribution < -0.4 is 10.0 Å². The summed E-state index contributed by atoms with van der Waals surface area (Å²) in [5.41, 5.74) is 1.86. The molecule has 31 heavy (non-hydrogen) atoms. The van der Waals surface area contributed by atoms with Crippen LogP contribution >= 0.6 is 0 Å². The van der Waals surface area contributed by atoms with Crippen molar-refractivity contribution in [3.63, 3.8) is 0 Å². The van der Waals surface area contributed by atoms with Gasteiger partial charge in [0.2, 0.25) is 10.0 Å². The fraction of sp³-hybridized carbons (Fsp3) is 0.458. The number of amides is 1. The number of sulfonamides is 1. The van der Waals surface area contributed by atoms with E-state index < -0.39 is 10.0 Å². The van der Waals surface area contributed by atoms with Gasteiger partial charge in [0.25, 0.3) is 5.91 Å². The van der Waals surface area contributed by atoms with E-state index in [9.17, 15) is 13.2 Å². The summed E-state index contributed by atoms with van der Waals surface area (Å²) < 4.78 is 28.1. The molecule has 1 amide bonds. The monoisotopic (exact) mass is 443 g/mol. The number of aryl methyl sites for hydroxylation is 1. The molecule has 1 aliphatic heterocycles. The van der Waals surface area contributed by atoms with Crippen LogP contribution in [0.25, 0.3) is 0 Å². The number of rotatable bonds is 8. The third kappa shape index (κ3) is 6.15. The van der Waals surface area contributed by atoms with E-state index in [0.29, 0.717) is 12.1 Å². The van der Waals surface area contributed by atoms with E-state index in [1.165, 1.54) is 31.4 Å². The van der Waals surface area contributed by atoms with E-state index in [1.807, 2.05) is 37.3 Å². The molecule has 7 heteroatoms. The highest BCUT2D eigenvalue weighted by atomic mass is 32.2. The van der Waals surface area contributed by atoms with Crippen LogP contribution in [-0.4, -0.2) is 44.4 Å². The molecule has 0 bridgehead atoms. The van der Waals surface area contributed by atoms with Gasteiger partial charge in [0, 0.05) is 24.2 Å². The van der Waals surface area contributed by atoms with Crippen LogP contribution in [0.1, 0.15) is 54.6 Å². The van der Waals surface area contributed by atoms with Gasteiger partial charge in [0.1, 0.15) is 0 Å². The number of nitrogens with one attached hydrogen (secondary N) is 2. The van der Waals surface area contributed by atoms with E-state index in [4.69, 9.17) is 0 Å². The number of likely N-dealkylation sites (tertiary alicyclic amines) is 1. The molecule has 2 N–H and O–H groups in total. The van der Waals surface area contributed by atoms with Gasteiger partial charge in [-0.2, -0.15) is 0 Å². The number of nitrogens with zero attached hydrogens (tertiary/aromatic N) is 1. The molecule has 0 saturated carbocycles. The lowest BCUT2D eigenvalue weighted by Crippen LogP contribution is -2.53. The molecule has 0 aromatic heterocycles. The molecule has 1 heterocycles. The van der Waals surface area contributed by atoms with E-state index in [0.717, 1.165) is 24.2 Å². The minimum Gasteiger partial charge on any atom is -0.350 e. The fourth-order valence-electron chi connectivity index (χ4n) is 3.87.